The van der Waals surface area contributed by atoms with E-state index in [9.17, 15) is 0 Å². The summed E-state index contributed by atoms with van der Waals surface area (Å²) in [5.41, 5.74) is 10.00. The molecule has 0 fully saturated rings. The lowest BCUT2D eigenvalue weighted by Crippen LogP contribution is -2.28. The van der Waals surface area contributed by atoms with E-state index in [0.29, 0.717) is 5.82 Å². The first-order valence-electron chi connectivity index (χ1n) is 11.1. The summed E-state index contributed by atoms with van der Waals surface area (Å²) in [7, 11) is 2.18. The fourth-order valence-electron chi connectivity index (χ4n) is 3.47. The van der Waals surface area contributed by atoms with Crippen LogP contribution in [-0.2, 0) is 6.54 Å². The molecule has 3 heterocycles. The number of fused-ring (bicyclic) bond motifs is 2. The van der Waals surface area contributed by atoms with Crippen molar-refractivity contribution in [2.24, 2.45) is 0 Å². The number of nitrogens with zero attached hydrogens (tertiary/aromatic N) is 4. The van der Waals surface area contributed by atoms with Gasteiger partial charge in [0.25, 0.3) is 0 Å². The van der Waals surface area contributed by atoms with Crippen LogP contribution in [-0.4, -0.2) is 47.3 Å². The lowest BCUT2D eigenvalue weighted by atomic mass is 10.1. The third kappa shape index (κ3) is 6.34. The highest BCUT2D eigenvalue weighted by molar-refractivity contribution is 7.99. The second kappa shape index (κ2) is 12.3. The molecule has 1 aliphatic heterocycles. The van der Waals surface area contributed by atoms with E-state index in [0.717, 1.165) is 40.8 Å². The monoisotopic (exact) mass is 459 g/mol. The third-order valence-electron chi connectivity index (χ3n) is 5.31. The number of nitrogen functional groups attached to an aromatic ring is 1. The van der Waals surface area contributed by atoms with Gasteiger partial charge in [-0.05, 0) is 43.3 Å². The molecule has 0 unspecified atom stereocenters. The molecule has 7 heteroatoms. The van der Waals surface area contributed by atoms with Crippen LogP contribution in [0.3, 0.4) is 0 Å². The number of thioether (sulfide) groups is 1. The van der Waals surface area contributed by atoms with Crippen molar-refractivity contribution in [2.75, 3.05) is 43.1 Å². The number of thiophene rings is 1. The van der Waals surface area contributed by atoms with Crippen molar-refractivity contribution in [1.29, 1.82) is 0 Å². The van der Waals surface area contributed by atoms with Crippen molar-refractivity contribution in [2.45, 2.75) is 53.2 Å². The second-order valence-electron chi connectivity index (χ2n) is 7.21. The van der Waals surface area contributed by atoms with E-state index in [1.54, 1.807) is 23.1 Å². The van der Waals surface area contributed by atoms with Crippen molar-refractivity contribution in [3.05, 3.63) is 40.3 Å². The first kappa shape index (κ1) is 25.4. The summed E-state index contributed by atoms with van der Waals surface area (Å²) < 4.78 is 0. The van der Waals surface area contributed by atoms with E-state index in [2.05, 4.69) is 78.8 Å². The molecule has 5 nitrogen and oxygen atoms in total. The normalized spacial score (nSPS) is 13.6. The van der Waals surface area contributed by atoms with Crippen LogP contribution in [0.5, 0.6) is 0 Å². The smallest absolute Gasteiger partial charge is 0.190 e. The average molecular weight is 460 g/mol. The highest BCUT2D eigenvalue weighted by Crippen LogP contribution is 2.33. The summed E-state index contributed by atoms with van der Waals surface area (Å²) in [4.78, 5) is 15.9. The van der Waals surface area contributed by atoms with E-state index in [4.69, 9.17) is 5.73 Å². The van der Waals surface area contributed by atoms with E-state index in [-0.39, 0.29) is 0 Å². The van der Waals surface area contributed by atoms with Gasteiger partial charge in [-0.15, -0.1) is 11.3 Å². The molecule has 0 spiro atoms. The lowest BCUT2D eigenvalue weighted by molar-refractivity contribution is 0.293. The Kier molecular flexibility index (Phi) is 10.1. The zero-order valence-corrected chi connectivity index (χ0v) is 21.7. The number of nitrogens with two attached hydrogens (primary N) is 1. The van der Waals surface area contributed by atoms with Gasteiger partial charge in [-0.1, -0.05) is 57.7 Å². The molecular formula is C24H37N5S2. The number of aryl methyl sites for hydroxylation is 2. The van der Waals surface area contributed by atoms with Crippen LogP contribution in [0.1, 0.15) is 43.7 Å². The van der Waals surface area contributed by atoms with E-state index in [1.807, 2.05) is 13.8 Å². The minimum absolute atomic E-state index is 0.609. The number of benzene rings is 1. The van der Waals surface area contributed by atoms with Gasteiger partial charge in [-0.25, -0.2) is 9.97 Å². The maximum absolute atomic E-state index is 5.94. The van der Waals surface area contributed by atoms with E-state index in [1.165, 1.54) is 28.2 Å². The Balaban J connectivity index is 0.000000204. The molecule has 1 aliphatic rings. The third-order valence-corrected chi connectivity index (χ3v) is 7.14. The zero-order valence-electron chi connectivity index (χ0n) is 20.0. The molecule has 170 valence electrons. The van der Waals surface area contributed by atoms with Gasteiger partial charge in [-0.2, -0.15) is 0 Å². The van der Waals surface area contributed by atoms with Crippen LogP contribution in [0.4, 0.5) is 11.5 Å². The molecule has 0 aliphatic carbocycles. The fraction of sp³-hybridized carbons (Fsp3) is 0.500. The Morgan fingerprint density at radius 1 is 1.10 bits per heavy atom. The molecule has 0 bridgehead atoms. The Bertz CT molecular complexity index is 970. The molecule has 0 saturated heterocycles. The predicted molar refractivity (Wildman–Crippen MR) is 140 cm³/mol. The van der Waals surface area contributed by atoms with E-state index >= 15 is 0 Å². The van der Waals surface area contributed by atoms with Crippen molar-refractivity contribution >= 4 is 44.8 Å². The molecular weight excluding hydrogens is 422 g/mol. The van der Waals surface area contributed by atoms with Crippen molar-refractivity contribution in [1.82, 2.24) is 14.9 Å². The Morgan fingerprint density at radius 3 is 2.48 bits per heavy atom. The summed E-state index contributed by atoms with van der Waals surface area (Å²) in [6.07, 6.45) is 0. The summed E-state index contributed by atoms with van der Waals surface area (Å²) in [5.74, 6) is 1.58. The van der Waals surface area contributed by atoms with Crippen LogP contribution in [0.25, 0.3) is 10.2 Å². The summed E-state index contributed by atoms with van der Waals surface area (Å²) in [5, 5.41) is 1.81. The molecule has 0 radical (unpaired) electrons. The molecule has 2 N–H and O–H groups in total. The summed E-state index contributed by atoms with van der Waals surface area (Å²) in [6, 6.07) is 8.71. The van der Waals surface area contributed by atoms with Crippen LogP contribution in [0.2, 0.25) is 0 Å². The van der Waals surface area contributed by atoms with Gasteiger partial charge in [0.2, 0.25) is 0 Å². The first-order valence-corrected chi connectivity index (χ1v) is 12.9. The molecule has 2 aromatic heterocycles. The van der Waals surface area contributed by atoms with Crippen LogP contribution in [0.15, 0.2) is 29.4 Å². The quantitative estimate of drug-likeness (QED) is 0.384. The second-order valence-corrected chi connectivity index (χ2v) is 9.64. The van der Waals surface area contributed by atoms with Crippen LogP contribution >= 0.6 is 23.1 Å². The molecule has 3 aromatic rings. The number of aromatic nitrogens is 2. The minimum atomic E-state index is 0.609. The van der Waals surface area contributed by atoms with Gasteiger partial charge in [0, 0.05) is 37.2 Å². The number of anilines is 2. The van der Waals surface area contributed by atoms with Gasteiger partial charge in [-0.3, -0.25) is 4.90 Å². The molecule has 0 atom stereocenters. The van der Waals surface area contributed by atoms with E-state index < -0.39 is 0 Å². The van der Waals surface area contributed by atoms with Gasteiger partial charge >= 0.3 is 0 Å². The zero-order chi connectivity index (χ0) is 23.0. The molecule has 31 heavy (non-hydrogen) atoms. The Hall–Kier alpha value is -1.83. The molecule has 0 amide bonds. The number of likely N-dealkylation sites (N-methyl/N-ethyl adjacent to an activating group) is 2. The largest absolute Gasteiger partial charge is 0.383 e. The van der Waals surface area contributed by atoms with Gasteiger partial charge in [0.05, 0.1) is 5.39 Å². The maximum atomic E-state index is 5.94. The highest BCUT2D eigenvalue weighted by atomic mass is 32.2. The van der Waals surface area contributed by atoms with Gasteiger partial charge in [0.15, 0.2) is 5.16 Å². The van der Waals surface area contributed by atoms with Crippen molar-refractivity contribution < 1.29 is 0 Å². The lowest BCUT2D eigenvalue weighted by Gasteiger charge is -2.18. The first-order chi connectivity index (χ1) is 14.9. The van der Waals surface area contributed by atoms with Crippen molar-refractivity contribution in [3.8, 4) is 0 Å². The van der Waals surface area contributed by atoms with Gasteiger partial charge < -0.3 is 10.6 Å². The molecule has 4 rings (SSSR count). The molecule has 1 aromatic carbocycles. The fourth-order valence-corrected chi connectivity index (χ4v) is 5.14. The number of rotatable bonds is 3. The Labute approximate surface area is 196 Å². The van der Waals surface area contributed by atoms with Crippen LogP contribution in [0, 0.1) is 13.8 Å². The number of hydrogen-bond donors (Lipinski definition) is 1. The predicted octanol–water partition coefficient (Wildman–Crippen LogP) is 5.99. The number of para-hydroxylation sites is 1. The average Bonchev–Trinajstić information content (AvgIpc) is 2.96. The van der Waals surface area contributed by atoms with Gasteiger partial charge in [0.1, 0.15) is 10.6 Å². The highest BCUT2D eigenvalue weighted by Gasteiger charge is 2.15. The topological polar surface area (TPSA) is 58.3 Å². The Morgan fingerprint density at radius 2 is 1.81 bits per heavy atom. The SMILES string of the molecule is CC.CCN1CCN(C)c2ccccc2C1.CCSc1nc(N)c2c(C)c(C)sc2n1. The van der Waals surface area contributed by atoms with Crippen molar-refractivity contribution in [3.63, 3.8) is 0 Å². The van der Waals surface area contributed by atoms with Crippen LogP contribution < -0.4 is 10.6 Å². The number of hydrogen-bond acceptors (Lipinski definition) is 7. The molecule has 0 saturated carbocycles. The summed E-state index contributed by atoms with van der Waals surface area (Å²) >= 11 is 3.31. The minimum Gasteiger partial charge on any atom is -0.383 e. The standard InChI is InChI=1S/C12H18N2.C10H13N3S2.C2H6/c1-3-14-9-8-13(2)12-7-5-4-6-11(12)10-14;1-4-14-10-12-8(11)7-5(2)6(3)15-9(7)13-10;1-2/h4-7H,3,8-10H2,1-2H3;4H2,1-3H3,(H2,11,12,13);1-2H3. The maximum Gasteiger partial charge on any atom is 0.190 e. The summed E-state index contributed by atoms with van der Waals surface area (Å²) in [6.45, 7) is 17.0.